The summed E-state index contributed by atoms with van der Waals surface area (Å²) in [4.78, 5) is 21.5. The topological polar surface area (TPSA) is 54.9 Å². The van der Waals surface area contributed by atoms with Crippen molar-refractivity contribution in [3.8, 4) is 0 Å². The van der Waals surface area contributed by atoms with E-state index in [-0.39, 0.29) is 11.6 Å². The second kappa shape index (κ2) is 6.41. The van der Waals surface area contributed by atoms with Gasteiger partial charge in [0.2, 0.25) is 5.91 Å². The smallest absolute Gasteiger partial charge is 0.237 e. The summed E-state index contributed by atoms with van der Waals surface area (Å²) < 4.78 is 13.6. The maximum atomic E-state index is 13.6. The first-order chi connectivity index (χ1) is 10.6. The number of nitrogens with zero attached hydrogens (tertiary/aromatic N) is 2. The molecule has 7 heteroatoms. The SMILES string of the molecule is C[C@H](Sc1ncnc2sccc12)C(=O)Nc1ccccc1F. The maximum Gasteiger partial charge on any atom is 0.237 e. The van der Waals surface area contributed by atoms with Gasteiger partial charge in [-0.2, -0.15) is 0 Å². The van der Waals surface area contributed by atoms with Gasteiger partial charge in [-0.1, -0.05) is 23.9 Å². The van der Waals surface area contributed by atoms with Crippen molar-refractivity contribution in [3.05, 3.63) is 47.9 Å². The van der Waals surface area contributed by atoms with E-state index in [4.69, 9.17) is 0 Å². The molecule has 3 aromatic rings. The highest BCUT2D eigenvalue weighted by Gasteiger charge is 2.18. The fourth-order valence-electron chi connectivity index (χ4n) is 1.88. The van der Waals surface area contributed by atoms with Crippen LogP contribution < -0.4 is 5.32 Å². The van der Waals surface area contributed by atoms with Crippen LogP contribution in [0.4, 0.5) is 10.1 Å². The van der Waals surface area contributed by atoms with Crippen molar-refractivity contribution >= 4 is 44.9 Å². The van der Waals surface area contributed by atoms with Crippen LogP contribution in [-0.4, -0.2) is 21.1 Å². The van der Waals surface area contributed by atoms with Gasteiger partial charge >= 0.3 is 0 Å². The second-order valence-electron chi connectivity index (χ2n) is 4.55. The molecular weight excluding hydrogens is 321 g/mol. The Kier molecular flexibility index (Phi) is 4.35. The van der Waals surface area contributed by atoms with E-state index in [1.54, 1.807) is 19.1 Å². The number of halogens is 1. The van der Waals surface area contributed by atoms with Crippen LogP contribution in [0.5, 0.6) is 0 Å². The highest BCUT2D eigenvalue weighted by Crippen LogP contribution is 2.30. The molecule has 4 nitrogen and oxygen atoms in total. The van der Waals surface area contributed by atoms with Gasteiger partial charge in [0, 0.05) is 5.39 Å². The molecule has 22 heavy (non-hydrogen) atoms. The number of nitrogens with one attached hydrogen (secondary N) is 1. The van der Waals surface area contributed by atoms with Gasteiger partial charge in [-0.05, 0) is 30.5 Å². The molecule has 1 aromatic carbocycles. The van der Waals surface area contributed by atoms with E-state index in [0.717, 1.165) is 15.2 Å². The van der Waals surface area contributed by atoms with Crippen LogP contribution in [0.3, 0.4) is 0 Å². The number of carbonyl (C=O) groups excluding carboxylic acids is 1. The number of thioether (sulfide) groups is 1. The van der Waals surface area contributed by atoms with Gasteiger partial charge in [-0.3, -0.25) is 4.79 Å². The minimum Gasteiger partial charge on any atom is -0.323 e. The molecule has 2 aromatic heterocycles. The van der Waals surface area contributed by atoms with Gasteiger partial charge in [-0.15, -0.1) is 11.3 Å². The Bertz CT molecular complexity index is 821. The second-order valence-corrected chi connectivity index (χ2v) is 6.77. The third-order valence-corrected chi connectivity index (χ3v) is 4.95. The molecule has 1 N–H and O–H groups in total. The molecule has 2 heterocycles. The first-order valence-electron chi connectivity index (χ1n) is 6.55. The fraction of sp³-hybridized carbons (Fsp3) is 0.133. The van der Waals surface area contributed by atoms with Crippen molar-refractivity contribution in [2.45, 2.75) is 17.2 Å². The molecule has 0 aliphatic carbocycles. The van der Waals surface area contributed by atoms with Gasteiger partial charge in [0.1, 0.15) is 22.0 Å². The fourth-order valence-corrected chi connectivity index (χ4v) is 3.58. The Morgan fingerprint density at radius 2 is 2.14 bits per heavy atom. The zero-order valence-electron chi connectivity index (χ0n) is 11.6. The Morgan fingerprint density at radius 1 is 1.32 bits per heavy atom. The lowest BCUT2D eigenvalue weighted by molar-refractivity contribution is -0.115. The summed E-state index contributed by atoms with van der Waals surface area (Å²) in [6.45, 7) is 1.77. The molecule has 1 atom stereocenters. The van der Waals surface area contributed by atoms with Gasteiger partial charge in [-0.25, -0.2) is 14.4 Å². The van der Waals surface area contributed by atoms with E-state index < -0.39 is 11.1 Å². The number of hydrogen-bond acceptors (Lipinski definition) is 5. The molecule has 0 bridgehead atoms. The zero-order chi connectivity index (χ0) is 15.5. The number of amides is 1. The zero-order valence-corrected chi connectivity index (χ0v) is 13.2. The van der Waals surface area contributed by atoms with Crippen molar-refractivity contribution in [2.75, 3.05) is 5.32 Å². The molecule has 3 rings (SSSR count). The summed E-state index contributed by atoms with van der Waals surface area (Å²) in [6, 6.07) is 8.04. The molecule has 112 valence electrons. The first-order valence-corrected chi connectivity index (χ1v) is 8.31. The van der Waals surface area contributed by atoms with Crippen LogP contribution in [0.1, 0.15) is 6.92 Å². The maximum absolute atomic E-state index is 13.6. The third-order valence-electron chi connectivity index (χ3n) is 3.01. The van der Waals surface area contributed by atoms with Gasteiger partial charge in [0.25, 0.3) is 0 Å². The van der Waals surface area contributed by atoms with Gasteiger partial charge in [0.05, 0.1) is 10.9 Å². The molecule has 0 radical (unpaired) electrons. The number of aromatic nitrogens is 2. The lowest BCUT2D eigenvalue weighted by Crippen LogP contribution is -2.23. The molecule has 0 saturated heterocycles. The van der Waals surface area contributed by atoms with Crippen molar-refractivity contribution < 1.29 is 9.18 Å². The van der Waals surface area contributed by atoms with E-state index in [1.807, 2.05) is 11.4 Å². The number of carbonyl (C=O) groups is 1. The molecule has 0 saturated carbocycles. The summed E-state index contributed by atoms with van der Waals surface area (Å²) >= 11 is 2.86. The Balaban J connectivity index is 1.74. The van der Waals surface area contributed by atoms with Gasteiger partial charge in [0.15, 0.2) is 0 Å². The van der Waals surface area contributed by atoms with Crippen molar-refractivity contribution in [3.63, 3.8) is 0 Å². The van der Waals surface area contributed by atoms with Crippen LogP contribution >= 0.6 is 23.1 Å². The quantitative estimate of drug-likeness (QED) is 0.580. The Labute approximate surface area is 134 Å². The number of thiophene rings is 1. The lowest BCUT2D eigenvalue weighted by Gasteiger charge is -2.12. The summed E-state index contributed by atoms with van der Waals surface area (Å²) in [5.41, 5.74) is 0.184. The predicted octanol–water partition coefficient (Wildman–Crippen LogP) is 3.95. The van der Waals surface area contributed by atoms with Crippen LogP contribution in [0, 0.1) is 5.82 Å². The molecule has 0 unspecified atom stereocenters. The molecule has 0 spiro atoms. The number of fused-ring (bicyclic) bond motifs is 1. The number of para-hydroxylation sites is 1. The average Bonchev–Trinajstić information content (AvgIpc) is 2.99. The number of benzene rings is 1. The average molecular weight is 333 g/mol. The monoisotopic (exact) mass is 333 g/mol. The normalized spacial score (nSPS) is 12.3. The Morgan fingerprint density at radius 3 is 2.95 bits per heavy atom. The van der Waals surface area contributed by atoms with E-state index in [2.05, 4.69) is 15.3 Å². The van der Waals surface area contributed by atoms with Crippen molar-refractivity contribution in [1.29, 1.82) is 0 Å². The highest BCUT2D eigenvalue weighted by molar-refractivity contribution is 8.00. The number of anilines is 1. The van der Waals surface area contributed by atoms with E-state index >= 15 is 0 Å². The predicted molar refractivity (Wildman–Crippen MR) is 87.8 cm³/mol. The molecule has 1 amide bonds. The van der Waals surface area contributed by atoms with E-state index in [0.29, 0.717) is 0 Å². The molecule has 0 aliphatic rings. The highest BCUT2D eigenvalue weighted by atomic mass is 32.2. The minimum absolute atomic E-state index is 0.184. The van der Waals surface area contributed by atoms with Crippen LogP contribution in [-0.2, 0) is 4.79 Å². The van der Waals surface area contributed by atoms with Gasteiger partial charge < -0.3 is 5.32 Å². The summed E-state index contributed by atoms with van der Waals surface area (Å²) in [5, 5.41) is 5.82. The lowest BCUT2D eigenvalue weighted by atomic mass is 10.3. The number of rotatable bonds is 4. The number of hydrogen-bond donors (Lipinski definition) is 1. The molecule has 0 fully saturated rings. The van der Waals surface area contributed by atoms with Crippen LogP contribution in [0.25, 0.3) is 10.2 Å². The van der Waals surface area contributed by atoms with E-state index in [1.165, 1.54) is 41.6 Å². The largest absolute Gasteiger partial charge is 0.323 e. The standard InChI is InChI=1S/C15H12FN3OS2/c1-9(13(20)19-12-5-3-2-4-11(12)16)22-15-10-6-7-21-14(10)17-8-18-15/h2-9H,1H3,(H,19,20)/t9-/m0/s1. The summed E-state index contributed by atoms with van der Waals surface area (Å²) in [6.07, 6.45) is 1.49. The molecular formula is C15H12FN3OS2. The molecule has 0 aliphatic heterocycles. The van der Waals surface area contributed by atoms with E-state index in [9.17, 15) is 9.18 Å². The summed E-state index contributed by atoms with van der Waals surface area (Å²) in [7, 11) is 0. The van der Waals surface area contributed by atoms with Crippen LogP contribution in [0.2, 0.25) is 0 Å². The summed E-state index contributed by atoms with van der Waals surface area (Å²) in [5.74, 6) is -0.715. The van der Waals surface area contributed by atoms with Crippen LogP contribution in [0.15, 0.2) is 47.1 Å². The third kappa shape index (κ3) is 3.10. The minimum atomic E-state index is -0.449. The first kappa shape index (κ1) is 14.9. The Hall–Kier alpha value is -1.99. The van der Waals surface area contributed by atoms with Crippen molar-refractivity contribution in [1.82, 2.24) is 9.97 Å². The van der Waals surface area contributed by atoms with Crippen molar-refractivity contribution in [2.24, 2.45) is 0 Å².